The highest BCUT2D eigenvalue weighted by atomic mass is 19.1. The third-order valence-electron chi connectivity index (χ3n) is 2.18. The molecule has 1 aromatic carbocycles. The number of aryl methyl sites for hydroxylation is 1. The van der Waals surface area contributed by atoms with Crippen LogP contribution in [-0.4, -0.2) is 11.6 Å². The van der Waals surface area contributed by atoms with Crippen molar-refractivity contribution in [3.63, 3.8) is 0 Å². The fourth-order valence-corrected chi connectivity index (χ4v) is 1.48. The van der Waals surface area contributed by atoms with E-state index in [4.69, 9.17) is 4.74 Å². The Morgan fingerprint density at radius 3 is 2.35 bits per heavy atom. The van der Waals surface area contributed by atoms with Crippen molar-refractivity contribution >= 4 is 5.97 Å². The molecule has 0 aliphatic heterocycles. The first-order chi connectivity index (χ1) is 7.87. The highest BCUT2D eigenvalue weighted by Crippen LogP contribution is 2.11. The van der Waals surface area contributed by atoms with Gasteiger partial charge >= 0.3 is 5.97 Å². The van der Waals surface area contributed by atoms with Crippen LogP contribution in [0.1, 0.15) is 39.2 Å². The maximum atomic E-state index is 12.6. The minimum Gasteiger partial charge on any atom is -0.460 e. The van der Waals surface area contributed by atoms with E-state index in [0.717, 1.165) is 18.4 Å². The van der Waals surface area contributed by atoms with Crippen molar-refractivity contribution in [1.29, 1.82) is 0 Å². The molecule has 3 heteroatoms. The number of hydrogen-bond donors (Lipinski definition) is 0. The molecule has 0 fully saturated rings. The van der Waals surface area contributed by atoms with Gasteiger partial charge < -0.3 is 4.74 Å². The number of carbonyl (C=O) groups excluding carboxylic acids is 1. The van der Waals surface area contributed by atoms with Gasteiger partial charge in [-0.1, -0.05) is 12.1 Å². The van der Waals surface area contributed by atoms with E-state index in [1.165, 1.54) is 12.1 Å². The number of halogens is 1. The van der Waals surface area contributed by atoms with Gasteiger partial charge in [-0.2, -0.15) is 0 Å². The Balaban J connectivity index is 2.28. The molecule has 0 spiro atoms. The number of carbonyl (C=O) groups is 1. The highest BCUT2D eigenvalue weighted by Gasteiger charge is 2.15. The Morgan fingerprint density at radius 1 is 1.24 bits per heavy atom. The van der Waals surface area contributed by atoms with Gasteiger partial charge in [0.15, 0.2) is 0 Å². The summed E-state index contributed by atoms with van der Waals surface area (Å²) in [6.07, 6.45) is 1.88. The standard InChI is InChI=1S/C14H19FO2/c1-14(2,3)17-13(16)6-4-5-11-7-9-12(15)10-8-11/h7-10H,4-6H2,1-3H3. The van der Waals surface area contributed by atoms with Crippen molar-refractivity contribution in [2.45, 2.75) is 45.6 Å². The Kier molecular flexibility index (Phi) is 4.67. The van der Waals surface area contributed by atoms with Gasteiger partial charge in [0.05, 0.1) is 0 Å². The van der Waals surface area contributed by atoms with Gasteiger partial charge in [-0.25, -0.2) is 4.39 Å². The zero-order valence-electron chi connectivity index (χ0n) is 10.6. The molecule has 94 valence electrons. The van der Waals surface area contributed by atoms with Crippen LogP contribution < -0.4 is 0 Å². The van der Waals surface area contributed by atoms with Crippen molar-refractivity contribution < 1.29 is 13.9 Å². The first kappa shape index (κ1) is 13.7. The van der Waals surface area contributed by atoms with Crippen LogP contribution in [0.5, 0.6) is 0 Å². The molecule has 0 radical (unpaired) electrons. The third kappa shape index (κ3) is 6.05. The molecule has 1 rings (SSSR count). The molecule has 0 bridgehead atoms. The van der Waals surface area contributed by atoms with Crippen molar-refractivity contribution in [3.8, 4) is 0 Å². The molecular weight excluding hydrogens is 219 g/mol. The fraction of sp³-hybridized carbons (Fsp3) is 0.500. The lowest BCUT2D eigenvalue weighted by atomic mass is 10.1. The molecule has 0 heterocycles. The van der Waals surface area contributed by atoms with Crippen molar-refractivity contribution in [1.82, 2.24) is 0 Å². The largest absolute Gasteiger partial charge is 0.460 e. The molecule has 1 aromatic rings. The second-order valence-electron chi connectivity index (χ2n) is 5.07. The fourth-order valence-electron chi connectivity index (χ4n) is 1.48. The van der Waals surface area contributed by atoms with Crippen molar-refractivity contribution in [2.75, 3.05) is 0 Å². The summed E-state index contributed by atoms with van der Waals surface area (Å²) in [5, 5.41) is 0. The first-order valence-electron chi connectivity index (χ1n) is 5.83. The van der Waals surface area contributed by atoms with E-state index in [1.807, 2.05) is 20.8 Å². The normalized spacial score (nSPS) is 11.3. The third-order valence-corrected chi connectivity index (χ3v) is 2.18. The first-order valence-corrected chi connectivity index (χ1v) is 5.83. The summed E-state index contributed by atoms with van der Waals surface area (Å²) < 4.78 is 17.8. The summed E-state index contributed by atoms with van der Waals surface area (Å²) in [5.74, 6) is -0.416. The van der Waals surface area contributed by atoms with Gasteiger partial charge in [0.2, 0.25) is 0 Å². The molecule has 0 amide bonds. The van der Waals surface area contributed by atoms with Crippen LogP contribution in [0, 0.1) is 5.82 Å². The second-order valence-corrected chi connectivity index (χ2v) is 5.07. The summed E-state index contributed by atoms with van der Waals surface area (Å²) in [6, 6.07) is 6.35. The van der Waals surface area contributed by atoms with Gasteiger partial charge in [0.1, 0.15) is 11.4 Å². The van der Waals surface area contributed by atoms with Crippen LogP contribution in [0.4, 0.5) is 4.39 Å². The lowest BCUT2D eigenvalue weighted by Crippen LogP contribution is -2.23. The van der Waals surface area contributed by atoms with Crippen LogP contribution in [0.2, 0.25) is 0 Å². The zero-order chi connectivity index (χ0) is 12.9. The molecule has 0 aliphatic rings. The van der Waals surface area contributed by atoms with E-state index in [1.54, 1.807) is 12.1 Å². The lowest BCUT2D eigenvalue weighted by molar-refractivity contribution is -0.154. The van der Waals surface area contributed by atoms with Crippen LogP contribution in [0.15, 0.2) is 24.3 Å². The van der Waals surface area contributed by atoms with Gasteiger partial charge in [-0.3, -0.25) is 4.79 Å². The number of esters is 1. The molecule has 0 aliphatic carbocycles. The molecule has 0 saturated heterocycles. The summed E-state index contributed by atoms with van der Waals surface area (Å²) in [4.78, 5) is 11.4. The monoisotopic (exact) mass is 238 g/mol. The van der Waals surface area contributed by atoms with Gasteiger partial charge in [-0.15, -0.1) is 0 Å². The van der Waals surface area contributed by atoms with E-state index in [-0.39, 0.29) is 11.8 Å². The Labute approximate surface area is 102 Å². The number of hydrogen-bond acceptors (Lipinski definition) is 2. The van der Waals surface area contributed by atoms with Gasteiger partial charge in [0.25, 0.3) is 0 Å². The summed E-state index contributed by atoms with van der Waals surface area (Å²) in [5.41, 5.74) is 0.613. The SMILES string of the molecule is CC(C)(C)OC(=O)CCCc1ccc(F)cc1. The maximum Gasteiger partial charge on any atom is 0.306 e. The molecule has 2 nitrogen and oxygen atoms in total. The van der Waals surface area contributed by atoms with Crippen LogP contribution in [0.25, 0.3) is 0 Å². The van der Waals surface area contributed by atoms with Gasteiger partial charge in [0, 0.05) is 6.42 Å². The quantitative estimate of drug-likeness (QED) is 0.750. The molecule has 0 N–H and O–H groups in total. The average Bonchev–Trinajstić information content (AvgIpc) is 2.18. The molecule has 0 unspecified atom stereocenters. The minimum atomic E-state index is -0.424. The Bertz CT molecular complexity index is 363. The van der Waals surface area contributed by atoms with E-state index < -0.39 is 5.60 Å². The Morgan fingerprint density at radius 2 is 1.82 bits per heavy atom. The number of ether oxygens (including phenoxy) is 1. The molecule has 17 heavy (non-hydrogen) atoms. The smallest absolute Gasteiger partial charge is 0.306 e. The van der Waals surface area contributed by atoms with Crippen LogP contribution in [-0.2, 0) is 16.0 Å². The Hall–Kier alpha value is -1.38. The van der Waals surface area contributed by atoms with Crippen LogP contribution >= 0.6 is 0 Å². The van der Waals surface area contributed by atoms with E-state index in [2.05, 4.69) is 0 Å². The van der Waals surface area contributed by atoms with Crippen LogP contribution in [0.3, 0.4) is 0 Å². The molecular formula is C14H19FO2. The topological polar surface area (TPSA) is 26.3 Å². The number of rotatable bonds is 4. The molecule has 0 atom stereocenters. The van der Waals surface area contributed by atoms with Gasteiger partial charge in [-0.05, 0) is 51.3 Å². The van der Waals surface area contributed by atoms with Crippen molar-refractivity contribution in [2.24, 2.45) is 0 Å². The average molecular weight is 238 g/mol. The van der Waals surface area contributed by atoms with E-state index in [9.17, 15) is 9.18 Å². The summed E-state index contributed by atoms with van der Waals surface area (Å²) in [6.45, 7) is 5.56. The summed E-state index contributed by atoms with van der Waals surface area (Å²) in [7, 11) is 0. The zero-order valence-corrected chi connectivity index (χ0v) is 10.6. The predicted octanol–water partition coefficient (Wildman–Crippen LogP) is 3.49. The highest BCUT2D eigenvalue weighted by molar-refractivity contribution is 5.69. The lowest BCUT2D eigenvalue weighted by Gasteiger charge is -2.19. The second kappa shape index (κ2) is 5.80. The van der Waals surface area contributed by atoms with E-state index >= 15 is 0 Å². The summed E-state index contributed by atoms with van der Waals surface area (Å²) >= 11 is 0. The molecule has 0 aromatic heterocycles. The maximum absolute atomic E-state index is 12.6. The van der Waals surface area contributed by atoms with E-state index in [0.29, 0.717) is 6.42 Å². The predicted molar refractivity (Wildman–Crippen MR) is 65.2 cm³/mol. The number of benzene rings is 1. The minimum absolute atomic E-state index is 0.181. The molecule has 0 saturated carbocycles. The van der Waals surface area contributed by atoms with Crippen molar-refractivity contribution in [3.05, 3.63) is 35.6 Å².